The van der Waals surface area contributed by atoms with E-state index in [4.69, 9.17) is 0 Å². The number of amides is 3. The summed E-state index contributed by atoms with van der Waals surface area (Å²) in [5.74, 6) is -0.729. The van der Waals surface area contributed by atoms with Gasteiger partial charge in [0.05, 0.1) is 9.83 Å². The lowest BCUT2D eigenvalue weighted by molar-refractivity contribution is -0.384. The summed E-state index contributed by atoms with van der Waals surface area (Å²) in [4.78, 5) is 47.3. The van der Waals surface area contributed by atoms with Crippen molar-refractivity contribution in [1.82, 2.24) is 10.2 Å². The third kappa shape index (κ3) is 5.03. The molecule has 0 bridgehead atoms. The van der Waals surface area contributed by atoms with E-state index in [1.807, 2.05) is 0 Å². The summed E-state index contributed by atoms with van der Waals surface area (Å²) in [7, 11) is 0. The molecule has 0 saturated carbocycles. The summed E-state index contributed by atoms with van der Waals surface area (Å²) in [6.07, 6.45) is 2.94. The smallest absolute Gasteiger partial charge is 0.293 e. The van der Waals surface area contributed by atoms with E-state index in [1.54, 1.807) is 13.8 Å². The standard InChI is InChI=1S/C17H17N3O5S/c1-11(2)9-15(21)18-7-8-19-16(22)14(26-17(19)23)10-12-3-5-13(6-4-12)20(24)25/h3-6,9-10H,7-8H2,1-2H3,(H,18,21)/b14-10-. The van der Waals surface area contributed by atoms with Crippen LogP contribution in [0.2, 0.25) is 0 Å². The molecule has 0 spiro atoms. The van der Waals surface area contributed by atoms with E-state index >= 15 is 0 Å². The number of rotatable bonds is 6. The number of nitrogens with zero attached hydrogens (tertiary/aromatic N) is 2. The zero-order valence-electron chi connectivity index (χ0n) is 14.2. The number of nitro groups is 1. The molecule has 0 radical (unpaired) electrons. The Morgan fingerprint density at radius 1 is 1.27 bits per heavy atom. The van der Waals surface area contributed by atoms with E-state index in [-0.39, 0.29) is 29.6 Å². The number of hydrogen-bond donors (Lipinski definition) is 1. The van der Waals surface area contributed by atoms with Gasteiger partial charge >= 0.3 is 0 Å². The molecule has 0 atom stereocenters. The highest BCUT2D eigenvalue weighted by atomic mass is 32.2. The van der Waals surface area contributed by atoms with E-state index in [9.17, 15) is 24.5 Å². The van der Waals surface area contributed by atoms with Gasteiger partial charge in [-0.3, -0.25) is 29.4 Å². The van der Waals surface area contributed by atoms with Gasteiger partial charge in [0.15, 0.2) is 0 Å². The van der Waals surface area contributed by atoms with E-state index in [0.29, 0.717) is 5.56 Å². The highest BCUT2D eigenvalue weighted by Gasteiger charge is 2.34. The highest BCUT2D eigenvalue weighted by molar-refractivity contribution is 8.18. The maximum atomic E-state index is 12.3. The Bertz CT molecular complexity index is 810. The molecular formula is C17H17N3O5S. The molecule has 8 nitrogen and oxygen atoms in total. The Balaban J connectivity index is 2.00. The molecule has 1 fully saturated rings. The number of allylic oxidation sites excluding steroid dienone is 1. The first-order valence-corrected chi connectivity index (χ1v) is 8.52. The Labute approximate surface area is 154 Å². The molecule has 9 heteroatoms. The number of carbonyl (C=O) groups is 3. The van der Waals surface area contributed by atoms with Crippen LogP contribution in [0.3, 0.4) is 0 Å². The van der Waals surface area contributed by atoms with Crippen LogP contribution in [0.15, 0.2) is 40.8 Å². The quantitative estimate of drug-likeness (QED) is 0.465. The predicted octanol–water partition coefficient (Wildman–Crippen LogP) is 2.71. The maximum Gasteiger partial charge on any atom is 0.293 e. The van der Waals surface area contributed by atoms with E-state index in [2.05, 4.69) is 5.32 Å². The van der Waals surface area contributed by atoms with Crippen LogP contribution in [-0.4, -0.2) is 40.0 Å². The van der Waals surface area contributed by atoms with Gasteiger partial charge in [0.25, 0.3) is 16.8 Å². The number of imide groups is 1. The lowest BCUT2D eigenvalue weighted by Gasteiger charge is -2.12. The molecule has 2 rings (SSSR count). The summed E-state index contributed by atoms with van der Waals surface area (Å²) >= 11 is 0.797. The van der Waals surface area contributed by atoms with Crippen LogP contribution < -0.4 is 5.32 Å². The third-order valence-electron chi connectivity index (χ3n) is 3.33. The fourth-order valence-corrected chi connectivity index (χ4v) is 3.01. The molecule has 0 aliphatic carbocycles. The van der Waals surface area contributed by atoms with Crippen molar-refractivity contribution in [2.45, 2.75) is 13.8 Å². The van der Waals surface area contributed by atoms with Crippen molar-refractivity contribution in [3.63, 3.8) is 0 Å². The van der Waals surface area contributed by atoms with E-state index in [1.165, 1.54) is 36.4 Å². The van der Waals surface area contributed by atoms with Crippen LogP contribution in [0.4, 0.5) is 10.5 Å². The van der Waals surface area contributed by atoms with Gasteiger partial charge < -0.3 is 5.32 Å². The van der Waals surface area contributed by atoms with Gasteiger partial charge in [-0.05, 0) is 49.4 Å². The normalized spacial score (nSPS) is 15.3. The zero-order chi connectivity index (χ0) is 19.3. The molecule has 0 aromatic heterocycles. The number of nitro benzene ring substituents is 1. The van der Waals surface area contributed by atoms with Gasteiger partial charge in [-0.2, -0.15) is 0 Å². The van der Waals surface area contributed by atoms with Gasteiger partial charge in [-0.1, -0.05) is 5.57 Å². The second-order valence-corrected chi connectivity index (χ2v) is 6.69. The molecule has 1 aromatic rings. The molecule has 26 heavy (non-hydrogen) atoms. The topological polar surface area (TPSA) is 110 Å². The SMILES string of the molecule is CC(C)=CC(=O)NCCN1C(=O)S/C(=C\c2ccc([N+](=O)[O-])cc2)C1=O. The fourth-order valence-electron chi connectivity index (χ4n) is 2.14. The number of hydrogen-bond acceptors (Lipinski definition) is 6. The third-order valence-corrected chi connectivity index (χ3v) is 4.24. The van der Waals surface area contributed by atoms with Crippen molar-refractivity contribution >= 4 is 40.6 Å². The average molecular weight is 375 g/mol. The second kappa shape index (κ2) is 8.43. The Morgan fingerprint density at radius 3 is 2.50 bits per heavy atom. The zero-order valence-corrected chi connectivity index (χ0v) is 15.0. The van der Waals surface area contributed by atoms with E-state index < -0.39 is 16.1 Å². The first-order chi connectivity index (χ1) is 12.3. The number of carbonyl (C=O) groups excluding carboxylic acids is 3. The first kappa shape index (κ1) is 19.4. The number of benzene rings is 1. The lowest BCUT2D eigenvalue weighted by atomic mass is 10.2. The highest BCUT2D eigenvalue weighted by Crippen LogP contribution is 2.32. The van der Waals surface area contributed by atoms with Crippen LogP contribution in [-0.2, 0) is 9.59 Å². The molecule has 3 amide bonds. The van der Waals surface area contributed by atoms with Crippen LogP contribution in [0, 0.1) is 10.1 Å². The molecule has 1 saturated heterocycles. The van der Waals surface area contributed by atoms with Gasteiger partial charge in [-0.25, -0.2) is 0 Å². The molecule has 1 heterocycles. The largest absolute Gasteiger partial charge is 0.351 e. The number of thioether (sulfide) groups is 1. The number of non-ortho nitro benzene ring substituents is 1. The first-order valence-electron chi connectivity index (χ1n) is 7.70. The maximum absolute atomic E-state index is 12.3. The predicted molar refractivity (Wildman–Crippen MR) is 98.2 cm³/mol. The Kier molecular flexibility index (Phi) is 6.29. The molecule has 0 unspecified atom stereocenters. The minimum absolute atomic E-state index is 0.0534. The van der Waals surface area contributed by atoms with Gasteiger partial charge in [-0.15, -0.1) is 0 Å². The molecule has 1 aromatic carbocycles. The molecule has 136 valence electrons. The van der Waals surface area contributed by atoms with Crippen molar-refractivity contribution in [3.8, 4) is 0 Å². The fraction of sp³-hybridized carbons (Fsp3) is 0.235. The van der Waals surface area contributed by atoms with Gasteiger partial charge in [0.1, 0.15) is 0 Å². The molecule has 1 aliphatic rings. The van der Waals surface area contributed by atoms with Crippen molar-refractivity contribution in [2.24, 2.45) is 0 Å². The molecular weight excluding hydrogens is 358 g/mol. The minimum atomic E-state index is -0.513. The van der Waals surface area contributed by atoms with Crippen molar-refractivity contribution in [1.29, 1.82) is 0 Å². The van der Waals surface area contributed by atoms with Crippen molar-refractivity contribution < 1.29 is 19.3 Å². The second-order valence-electron chi connectivity index (χ2n) is 5.69. The summed E-state index contributed by atoms with van der Waals surface area (Å²) in [5, 5.41) is 12.8. The van der Waals surface area contributed by atoms with Gasteiger partial charge in [0.2, 0.25) is 5.91 Å². The van der Waals surface area contributed by atoms with Crippen LogP contribution in [0.5, 0.6) is 0 Å². The Morgan fingerprint density at radius 2 is 1.92 bits per heavy atom. The molecule has 1 aliphatic heterocycles. The lowest BCUT2D eigenvalue weighted by Crippen LogP contribution is -2.36. The Hall–Kier alpha value is -2.94. The summed E-state index contributed by atoms with van der Waals surface area (Å²) < 4.78 is 0. The summed E-state index contributed by atoms with van der Waals surface area (Å²) in [5.41, 5.74) is 1.38. The van der Waals surface area contributed by atoms with E-state index in [0.717, 1.165) is 22.2 Å². The number of nitrogens with one attached hydrogen (secondary N) is 1. The summed E-state index contributed by atoms with van der Waals surface area (Å²) in [6.45, 7) is 3.81. The van der Waals surface area contributed by atoms with Crippen molar-refractivity contribution in [3.05, 3.63) is 56.5 Å². The van der Waals surface area contributed by atoms with Crippen LogP contribution in [0.25, 0.3) is 6.08 Å². The van der Waals surface area contributed by atoms with Gasteiger partial charge in [0, 0.05) is 31.3 Å². The molecule has 1 N–H and O–H groups in total. The monoisotopic (exact) mass is 375 g/mol. The van der Waals surface area contributed by atoms with Crippen LogP contribution in [0.1, 0.15) is 19.4 Å². The average Bonchev–Trinajstić information content (AvgIpc) is 2.82. The van der Waals surface area contributed by atoms with Crippen LogP contribution >= 0.6 is 11.8 Å². The van der Waals surface area contributed by atoms with Crippen molar-refractivity contribution in [2.75, 3.05) is 13.1 Å². The minimum Gasteiger partial charge on any atom is -0.351 e. The summed E-state index contributed by atoms with van der Waals surface area (Å²) in [6, 6.07) is 5.67.